The van der Waals surface area contributed by atoms with Gasteiger partial charge >= 0.3 is 23.9 Å². The minimum absolute atomic E-state index is 0.0371. The molecule has 0 unspecified atom stereocenters. The molecule has 0 atom stereocenters. The number of aromatic hydroxyl groups is 6. The first-order valence-corrected chi connectivity index (χ1v) is 43.4. The maximum atomic E-state index is 12.5. The fraction of sp³-hybridized carbons (Fsp3) is 0.236. The zero-order valence-corrected chi connectivity index (χ0v) is 75.8. The summed E-state index contributed by atoms with van der Waals surface area (Å²) in [5.74, 6) is 3.78. The predicted octanol–water partition coefficient (Wildman–Crippen LogP) is 26.9. The minimum Gasteiger partial charge on any atom is -0.508 e. The summed E-state index contributed by atoms with van der Waals surface area (Å²) in [6.07, 6.45) is 0. The van der Waals surface area contributed by atoms with Crippen molar-refractivity contribution in [1.82, 2.24) is 0 Å². The van der Waals surface area contributed by atoms with E-state index in [1.165, 1.54) is 100 Å². The van der Waals surface area contributed by atoms with Crippen LogP contribution in [-0.4, -0.2) is 70.8 Å². The van der Waals surface area contributed by atoms with Crippen LogP contribution in [-0.2, 0) is 31.0 Å². The highest BCUT2D eigenvalue weighted by atomic mass is 16.6. The Labute approximate surface area is 752 Å². The van der Waals surface area contributed by atoms with Gasteiger partial charge in [-0.15, -0.1) is 0 Å². The van der Waals surface area contributed by atoms with Gasteiger partial charge in [0, 0.05) is 91.9 Å². The first-order valence-electron chi connectivity index (χ1n) is 43.4. The molecule has 0 fully saturated rings. The summed E-state index contributed by atoms with van der Waals surface area (Å²) in [4.78, 5) is 48.7. The number of carboxylic acid groups (broad SMARTS) is 1. The highest BCUT2D eigenvalue weighted by Gasteiger charge is 2.57. The monoisotopic (exact) mass is 1730 g/mol. The Bertz CT molecular complexity index is 5920. The second-order valence-corrected chi connectivity index (χ2v) is 33.5. The number of esters is 3. The van der Waals surface area contributed by atoms with Crippen molar-refractivity contribution in [3.05, 3.63) is 368 Å². The van der Waals surface area contributed by atoms with E-state index in [0.29, 0.717) is 125 Å². The third-order valence-corrected chi connectivity index (χ3v) is 21.8. The summed E-state index contributed by atoms with van der Waals surface area (Å²) < 4.78 is 47.1. The molecule has 0 aliphatic carbocycles. The van der Waals surface area contributed by atoms with Gasteiger partial charge in [-0.2, -0.15) is 0 Å². The molecule has 0 bridgehead atoms. The quantitative estimate of drug-likeness (QED) is 0.0601. The van der Waals surface area contributed by atoms with Crippen molar-refractivity contribution in [2.75, 3.05) is 0 Å². The van der Waals surface area contributed by atoms with Crippen molar-refractivity contribution < 1.29 is 92.8 Å². The minimum atomic E-state index is -1.17. The molecule has 0 saturated carbocycles. The third kappa shape index (κ3) is 18.8. The normalized spacial score (nSPS) is 13.6. The predicted molar refractivity (Wildman–Crippen MR) is 502 cm³/mol. The van der Waals surface area contributed by atoms with Crippen LogP contribution in [0.25, 0.3) is 21.5 Å². The largest absolute Gasteiger partial charge is 0.508 e. The van der Waals surface area contributed by atoms with E-state index in [0.717, 1.165) is 22.3 Å². The van der Waals surface area contributed by atoms with Crippen molar-refractivity contribution in [1.29, 1.82) is 0 Å². The number of phenolic OH excluding ortho intramolecular Hbond substituents is 6. The molecule has 14 aromatic carbocycles. The van der Waals surface area contributed by atoms with Crippen LogP contribution in [0.3, 0.4) is 0 Å². The average Bonchev–Trinajstić information content (AvgIpc) is 1.58. The Balaban J connectivity index is 0.000000140. The van der Waals surface area contributed by atoms with Gasteiger partial charge in [0.05, 0.1) is 22.3 Å². The summed E-state index contributed by atoms with van der Waals surface area (Å²) in [5, 5.41) is 72.5. The maximum Gasteiger partial charge on any atom is 0.340 e. The number of carbonyl (C=O) groups is 4. The summed E-state index contributed by atoms with van der Waals surface area (Å²) in [6.45, 7) is 37.5. The van der Waals surface area contributed by atoms with Crippen LogP contribution >= 0.6 is 0 Å². The molecule has 20 rings (SSSR count). The number of ether oxygens (including phenoxy) is 8. The Morgan fingerprint density at radius 1 is 0.302 bits per heavy atom. The number of hydrogen-bond acceptors (Lipinski definition) is 18. The number of hydrogen-bond donors (Lipinski definition) is 7. The molecular weight excluding hydrogens is 1630 g/mol. The molecule has 6 aliphatic heterocycles. The lowest BCUT2D eigenvalue weighted by Gasteiger charge is -2.36. The van der Waals surface area contributed by atoms with Gasteiger partial charge in [0.1, 0.15) is 91.7 Å². The van der Waals surface area contributed by atoms with Gasteiger partial charge in [-0.3, -0.25) is 0 Å². The molecule has 129 heavy (non-hydrogen) atoms. The van der Waals surface area contributed by atoms with Crippen molar-refractivity contribution in [3.8, 4) is 80.5 Å². The van der Waals surface area contributed by atoms with Crippen molar-refractivity contribution in [2.45, 2.75) is 170 Å². The van der Waals surface area contributed by atoms with E-state index >= 15 is 0 Å². The molecule has 3 spiro atoms. The highest BCUT2D eigenvalue weighted by Crippen LogP contribution is 2.61. The van der Waals surface area contributed by atoms with Gasteiger partial charge in [-0.25, -0.2) is 19.2 Å². The van der Waals surface area contributed by atoms with Gasteiger partial charge in [-0.1, -0.05) is 210 Å². The summed E-state index contributed by atoms with van der Waals surface area (Å²) in [6, 6.07) is 82.2. The molecule has 19 heteroatoms. The van der Waals surface area contributed by atoms with Gasteiger partial charge in [0.25, 0.3) is 0 Å². The van der Waals surface area contributed by atoms with Crippen LogP contribution in [0, 0.1) is 0 Å². The van der Waals surface area contributed by atoms with E-state index in [1.807, 2.05) is 120 Å². The van der Waals surface area contributed by atoms with Crippen LogP contribution in [0.15, 0.2) is 279 Å². The summed E-state index contributed by atoms with van der Waals surface area (Å²) in [5.41, 5.74) is 7.88. The number of carbonyl (C=O) groups excluding carboxylic acids is 3. The van der Waals surface area contributed by atoms with E-state index in [1.54, 1.807) is 78.9 Å². The van der Waals surface area contributed by atoms with Crippen LogP contribution in [0.2, 0.25) is 0 Å². The summed E-state index contributed by atoms with van der Waals surface area (Å²) in [7, 11) is 0. The Hall–Kier alpha value is -14.7. The van der Waals surface area contributed by atoms with E-state index < -0.39 is 40.7 Å². The standard InChI is InChI=1S/3C20H12O5.C17H22O.C14H14O2.C13H20O.3C2H6/c3*21-11-5-7-15-17(9-11)24-18-10-12(22)6-8-16(18)20(15)14-4-2-1-3-13(14)19(23)25-20;1-12(2)13-10-11-16(18-17(3,4)5)15-9-7-6-8-14(13)15;1-9(2)10-7-8-13(14(15)16)12-6-4-3-5-11(10)12;1-10(2)11-6-8-12(9-7-11)14-13(3,4)5;3*1-2/h3*1-10,21-22H;6-12H,1-5H3;3-9H,1-2H3,(H,15,16);6-10H,1-5H3;3*1-2H3. The molecule has 7 N–H and O–H groups in total. The Morgan fingerprint density at radius 3 is 0.860 bits per heavy atom. The fourth-order valence-electron chi connectivity index (χ4n) is 16.5. The lowest BCUT2D eigenvalue weighted by atomic mass is 9.77. The van der Waals surface area contributed by atoms with Crippen molar-refractivity contribution in [2.24, 2.45) is 0 Å². The van der Waals surface area contributed by atoms with Crippen molar-refractivity contribution >= 4 is 45.4 Å². The number of benzene rings is 14. The maximum absolute atomic E-state index is 12.5. The lowest BCUT2D eigenvalue weighted by Crippen LogP contribution is -2.32. The number of aromatic carboxylic acids is 1. The molecule has 664 valence electrons. The molecule has 0 saturated heterocycles. The molecule has 0 radical (unpaired) electrons. The first kappa shape index (κ1) is 93.4. The third-order valence-electron chi connectivity index (χ3n) is 21.8. The smallest absolute Gasteiger partial charge is 0.340 e. The molecule has 14 aromatic rings. The lowest BCUT2D eigenvalue weighted by molar-refractivity contribution is 0.0214. The van der Waals surface area contributed by atoms with Gasteiger partial charge in [0.15, 0.2) is 16.8 Å². The fourth-order valence-corrected chi connectivity index (χ4v) is 16.5. The van der Waals surface area contributed by atoms with Crippen LogP contribution in [0.5, 0.6) is 80.5 Å². The molecule has 6 heterocycles. The average molecular weight is 1740 g/mol. The molecule has 6 aliphatic rings. The first-order chi connectivity index (χ1) is 61.7. The van der Waals surface area contributed by atoms with E-state index in [9.17, 15) is 49.8 Å². The topological polar surface area (TPSA) is 284 Å². The summed E-state index contributed by atoms with van der Waals surface area (Å²) >= 11 is 0. The van der Waals surface area contributed by atoms with Gasteiger partial charge < -0.3 is 73.6 Å². The Morgan fingerprint density at radius 2 is 0.574 bits per heavy atom. The molecular formula is C110H110O19. The van der Waals surface area contributed by atoms with Crippen LogP contribution in [0.4, 0.5) is 0 Å². The second kappa shape index (κ2) is 38.6. The van der Waals surface area contributed by atoms with Crippen LogP contribution in [0.1, 0.15) is 251 Å². The molecule has 0 aromatic heterocycles. The Kier molecular flexibility index (Phi) is 28.0. The van der Waals surface area contributed by atoms with Gasteiger partial charge in [0.2, 0.25) is 0 Å². The number of carboxylic acids is 1. The SMILES string of the molecule is CC.CC.CC.CC(C)c1ccc(C(=O)O)c2ccccc12.CC(C)c1ccc(OC(C)(C)C)c2ccccc12.CC(C)c1ccc(OC(C)(C)C)cc1.O=C1OC2(c3ccc(O)cc3Oc3cc(O)ccc32)c2ccccc21.O=C1OC2(c3ccc(O)cc3Oc3cc(O)ccc32)c2ccccc21.O=C1OC2(c3ccc(O)cc3Oc3cc(O)ccc32)c2ccccc21. The number of phenols is 6. The van der Waals surface area contributed by atoms with Crippen LogP contribution < -0.4 is 23.7 Å². The highest BCUT2D eigenvalue weighted by molar-refractivity contribution is 6.05. The van der Waals surface area contributed by atoms with E-state index in [2.05, 4.69) is 132 Å². The second-order valence-electron chi connectivity index (χ2n) is 33.5. The number of rotatable bonds is 6. The van der Waals surface area contributed by atoms with Gasteiger partial charge in [-0.05, 0) is 207 Å². The molecule has 0 amide bonds. The van der Waals surface area contributed by atoms with E-state index in [4.69, 9.17) is 43.0 Å². The number of fused-ring (bicyclic) bond motifs is 20. The van der Waals surface area contributed by atoms with E-state index in [-0.39, 0.29) is 45.7 Å². The molecule has 19 nitrogen and oxygen atoms in total. The zero-order chi connectivity index (χ0) is 93.4. The zero-order valence-electron chi connectivity index (χ0n) is 75.8. The van der Waals surface area contributed by atoms with Crippen molar-refractivity contribution in [3.63, 3.8) is 0 Å².